The molecule has 0 fully saturated rings. The van der Waals surface area contributed by atoms with E-state index < -0.39 is 21.9 Å². The Labute approximate surface area is 89.6 Å². The fourth-order valence-corrected chi connectivity index (χ4v) is 3.33. The third kappa shape index (κ3) is 6.88. The summed E-state index contributed by atoms with van der Waals surface area (Å²) in [6.07, 6.45) is -4.35. The van der Waals surface area contributed by atoms with Gasteiger partial charge in [-0.25, -0.2) is 0 Å². The van der Waals surface area contributed by atoms with Crippen molar-refractivity contribution < 1.29 is 22.0 Å². The van der Waals surface area contributed by atoms with Crippen LogP contribution in [0.1, 0.15) is 19.3 Å². The molecule has 0 heterocycles. The van der Waals surface area contributed by atoms with E-state index in [0.29, 0.717) is 13.0 Å². The largest absolute Gasteiger partial charge is 0.400 e. The Kier molecular flexibility index (Phi) is 7.15. The van der Waals surface area contributed by atoms with Gasteiger partial charge < -0.3 is 14.6 Å². The zero-order chi connectivity index (χ0) is 11.9. The lowest BCUT2D eigenvalue weighted by Crippen LogP contribution is -2.29. The van der Waals surface area contributed by atoms with Crippen molar-refractivity contribution in [3.8, 4) is 0 Å². The molecule has 15 heavy (non-hydrogen) atoms. The number of halogens is 3. The highest BCUT2D eigenvalue weighted by molar-refractivity contribution is 6.46. The monoisotopic (exact) mass is 245 g/mol. The molecule has 0 aromatic carbocycles. The van der Waals surface area contributed by atoms with Gasteiger partial charge in [-0.2, -0.15) is 13.2 Å². The van der Waals surface area contributed by atoms with Gasteiger partial charge in [-0.15, -0.1) is 0 Å². The summed E-state index contributed by atoms with van der Waals surface area (Å²) in [5.41, 5.74) is 5.17. The Morgan fingerprint density at radius 1 is 1.20 bits per heavy atom. The van der Waals surface area contributed by atoms with Crippen LogP contribution < -0.4 is 5.73 Å². The van der Waals surface area contributed by atoms with Gasteiger partial charge >= 0.3 is 15.5 Å². The zero-order valence-electron chi connectivity index (χ0n) is 9.01. The maximum absolute atomic E-state index is 12.0. The molecule has 0 spiro atoms. The second kappa shape index (κ2) is 7.21. The topological polar surface area (TPSA) is 44.5 Å². The van der Waals surface area contributed by atoms with E-state index in [1.54, 1.807) is 0 Å². The van der Waals surface area contributed by atoms with Crippen molar-refractivity contribution in [3.05, 3.63) is 0 Å². The van der Waals surface area contributed by atoms with Crippen molar-refractivity contribution in [2.45, 2.75) is 31.0 Å². The molecule has 1 atom stereocenters. The Morgan fingerprint density at radius 2 is 1.73 bits per heavy atom. The standard InChI is InChI=1S/C8H18F3NO2Si/c1-13-15(14-2)7(4-6-12)3-5-8(9,10)11/h7,15H,3-6,12H2,1-2H3. The van der Waals surface area contributed by atoms with Gasteiger partial charge in [0.1, 0.15) is 0 Å². The average Bonchev–Trinajstić information content (AvgIpc) is 2.14. The highest BCUT2D eigenvalue weighted by Gasteiger charge is 2.32. The van der Waals surface area contributed by atoms with E-state index in [0.717, 1.165) is 0 Å². The van der Waals surface area contributed by atoms with Gasteiger partial charge in [0.2, 0.25) is 0 Å². The molecule has 0 rings (SSSR count). The first-order valence-electron chi connectivity index (χ1n) is 4.77. The molecule has 0 bridgehead atoms. The first kappa shape index (κ1) is 14.9. The number of hydrogen-bond donors (Lipinski definition) is 1. The summed E-state index contributed by atoms with van der Waals surface area (Å²) in [6, 6.07) is 0. The molecule has 3 nitrogen and oxygen atoms in total. The van der Waals surface area contributed by atoms with E-state index >= 15 is 0 Å². The van der Waals surface area contributed by atoms with Crippen LogP contribution in [0.15, 0.2) is 0 Å². The lowest BCUT2D eigenvalue weighted by Gasteiger charge is -2.22. The molecule has 1 unspecified atom stereocenters. The summed E-state index contributed by atoms with van der Waals surface area (Å²) in [4.78, 5) is 0. The van der Waals surface area contributed by atoms with Crippen LogP contribution in [0, 0.1) is 0 Å². The molecular weight excluding hydrogens is 227 g/mol. The highest BCUT2D eigenvalue weighted by atomic mass is 28.3. The molecule has 7 heteroatoms. The second-order valence-electron chi connectivity index (χ2n) is 3.33. The van der Waals surface area contributed by atoms with Crippen LogP contribution in [-0.2, 0) is 8.85 Å². The van der Waals surface area contributed by atoms with Crippen LogP contribution in [0.3, 0.4) is 0 Å². The van der Waals surface area contributed by atoms with Gasteiger partial charge in [0.15, 0.2) is 0 Å². The van der Waals surface area contributed by atoms with Gasteiger partial charge in [0.25, 0.3) is 0 Å². The number of alkyl halides is 3. The number of rotatable bonds is 7. The molecule has 0 amide bonds. The average molecular weight is 245 g/mol. The van der Waals surface area contributed by atoms with Gasteiger partial charge in [-0.1, -0.05) is 0 Å². The SMILES string of the molecule is CO[SiH](OC)C(CCN)CCC(F)(F)F. The van der Waals surface area contributed by atoms with E-state index in [1.165, 1.54) is 14.2 Å². The molecule has 0 aliphatic rings. The van der Waals surface area contributed by atoms with Gasteiger partial charge in [-0.3, -0.25) is 0 Å². The number of nitrogens with two attached hydrogens (primary N) is 1. The van der Waals surface area contributed by atoms with Gasteiger partial charge in [0, 0.05) is 26.2 Å². The maximum atomic E-state index is 12.0. The van der Waals surface area contributed by atoms with Crippen LogP contribution in [0.4, 0.5) is 13.2 Å². The summed E-state index contributed by atoms with van der Waals surface area (Å²) in [5.74, 6) is 0. The Hall–Kier alpha value is -0.113. The summed E-state index contributed by atoms with van der Waals surface area (Å²) in [5, 5.41) is 0. The van der Waals surface area contributed by atoms with Gasteiger partial charge in [-0.05, 0) is 19.4 Å². The normalized spacial score (nSPS) is 14.6. The molecule has 0 radical (unpaired) electrons. The first-order chi connectivity index (χ1) is 6.94. The van der Waals surface area contributed by atoms with E-state index in [2.05, 4.69) is 0 Å². The van der Waals surface area contributed by atoms with Gasteiger partial charge in [0.05, 0.1) is 0 Å². The lowest BCUT2D eigenvalue weighted by molar-refractivity contribution is -0.135. The Balaban J connectivity index is 4.13. The van der Waals surface area contributed by atoms with Crippen LogP contribution in [0.25, 0.3) is 0 Å². The van der Waals surface area contributed by atoms with E-state index in [4.69, 9.17) is 14.6 Å². The zero-order valence-corrected chi connectivity index (χ0v) is 10.2. The van der Waals surface area contributed by atoms with E-state index in [-0.39, 0.29) is 12.0 Å². The second-order valence-corrected chi connectivity index (χ2v) is 5.95. The Bertz CT molecular complexity index is 164. The predicted octanol–water partition coefficient (Wildman–Crippen LogP) is 1.56. The van der Waals surface area contributed by atoms with Crippen molar-refractivity contribution in [1.29, 1.82) is 0 Å². The van der Waals surface area contributed by atoms with Crippen molar-refractivity contribution >= 4 is 9.28 Å². The highest BCUT2D eigenvalue weighted by Crippen LogP contribution is 2.29. The smallest absolute Gasteiger partial charge is 0.389 e. The minimum Gasteiger partial charge on any atom is -0.400 e. The first-order valence-corrected chi connectivity index (χ1v) is 6.38. The summed E-state index contributed by atoms with van der Waals surface area (Å²) in [7, 11) is 0.945. The summed E-state index contributed by atoms with van der Waals surface area (Å²) < 4.78 is 46.2. The van der Waals surface area contributed by atoms with Crippen molar-refractivity contribution in [3.63, 3.8) is 0 Å². The molecule has 0 saturated carbocycles. The molecular formula is C8H18F3NO2Si. The van der Waals surface area contributed by atoms with Crippen molar-refractivity contribution in [1.82, 2.24) is 0 Å². The predicted molar refractivity (Wildman–Crippen MR) is 53.9 cm³/mol. The quantitative estimate of drug-likeness (QED) is 0.692. The molecule has 0 aliphatic heterocycles. The van der Waals surface area contributed by atoms with Crippen LogP contribution >= 0.6 is 0 Å². The molecule has 2 N–H and O–H groups in total. The number of hydrogen-bond acceptors (Lipinski definition) is 3. The summed E-state index contributed by atoms with van der Waals surface area (Å²) in [6.45, 7) is 0.360. The lowest BCUT2D eigenvalue weighted by atomic mass is 10.2. The van der Waals surface area contributed by atoms with Crippen LogP contribution in [0.5, 0.6) is 0 Å². The molecule has 0 aromatic rings. The third-order valence-corrected chi connectivity index (χ3v) is 4.55. The third-order valence-electron chi connectivity index (χ3n) is 2.19. The van der Waals surface area contributed by atoms with Crippen LogP contribution in [0.2, 0.25) is 5.54 Å². The maximum Gasteiger partial charge on any atom is 0.389 e. The minimum absolute atomic E-state index is 0.0409. The fraction of sp³-hybridized carbons (Fsp3) is 1.00. The molecule has 92 valence electrons. The Morgan fingerprint density at radius 3 is 2.07 bits per heavy atom. The van der Waals surface area contributed by atoms with Crippen molar-refractivity contribution in [2.24, 2.45) is 5.73 Å². The van der Waals surface area contributed by atoms with E-state index in [1.807, 2.05) is 0 Å². The summed E-state index contributed by atoms with van der Waals surface area (Å²) >= 11 is 0. The van der Waals surface area contributed by atoms with E-state index in [9.17, 15) is 13.2 Å². The fourth-order valence-electron chi connectivity index (χ4n) is 1.46. The van der Waals surface area contributed by atoms with Crippen LogP contribution in [-0.4, -0.2) is 36.2 Å². The minimum atomic E-state index is -4.12. The molecule has 0 saturated heterocycles. The molecule has 0 aliphatic carbocycles. The van der Waals surface area contributed by atoms with Crippen molar-refractivity contribution in [2.75, 3.05) is 20.8 Å². The molecule has 0 aromatic heterocycles.